The van der Waals surface area contributed by atoms with E-state index in [2.05, 4.69) is 10.7 Å². The van der Waals surface area contributed by atoms with Crippen molar-refractivity contribution >= 4 is 40.3 Å². The summed E-state index contributed by atoms with van der Waals surface area (Å²) in [5.74, 6) is -2.05. The van der Waals surface area contributed by atoms with Crippen molar-refractivity contribution < 1.29 is 33.4 Å². The number of ether oxygens (including phenoxy) is 3. The van der Waals surface area contributed by atoms with E-state index in [4.69, 9.17) is 14.2 Å². The lowest BCUT2D eigenvalue weighted by Gasteiger charge is -2.28. The maximum absolute atomic E-state index is 14.1. The van der Waals surface area contributed by atoms with Crippen molar-refractivity contribution in [3.63, 3.8) is 0 Å². The van der Waals surface area contributed by atoms with Gasteiger partial charge in [-0.1, -0.05) is 36.8 Å². The lowest BCUT2D eigenvalue weighted by molar-refractivity contribution is -0.155. The molecule has 1 heterocycles. The Hall–Kier alpha value is -4.60. The van der Waals surface area contributed by atoms with Gasteiger partial charge in [-0.3, -0.25) is 9.59 Å². The molecule has 4 rings (SSSR count). The van der Waals surface area contributed by atoms with Gasteiger partial charge in [-0.25, -0.2) is 20.0 Å². The molecule has 0 radical (unpaired) electrons. The highest BCUT2D eigenvalue weighted by molar-refractivity contribution is 6.25. The van der Waals surface area contributed by atoms with Crippen molar-refractivity contribution in [3.05, 3.63) is 71.3 Å². The third-order valence-corrected chi connectivity index (χ3v) is 6.17. The van der Waals surface area contributed by atoms with Crippen molar-refractivity contribution in [1.82, 2.24) is 10.7 Å². The summed E-state index contributed by atoms with van der Waals surface area (Å²) in [5, 5.41) is 4.85. The van der Waals surface area contributed by atoms with Gasteiger partial charge in [0, 0.05) is 11.1 Å². The second-order valence-corrected chi connectivity index (χ2v) is 8.73. The maximum atomic E-state index is 14.1. The van der Waals surface area contributed by atoms with Crippen LogP contribution in [0.25, 0.3) is 10.8 Å². The van der Waals surface area contributed by atoms with E-state index in [9.17, 15) is 19.2 Å². The standard InChI is InChI=1S/C28H29N3O7/c1-5-15-38-27(35)30-31-22-14-10-19-16-17(3)7-13-21(19)23(22)28(25(31)33,26(34)37-6-2)29-24(32)18-8-11-20(36-4)12-9-18/h7-14,16H,5-6,15H2,1-4H3,(H,29,32)(H,30,35)/t28-/m0/s1. The maximum Gasteiger partial charge on any atom is 0.426 e. The highest BCUT2D eigenvalue weighted by Gasteiger charge is 2.60. The van der Waals surface area contributed by atoms with Crippen molar-refractivity contribution in [2.24, 2.45) is 0 Å². The Balaban J connectivity index is 1.91. The number of hydrogen-bond acceptors (Lipinski definition) is 7. The van der Waals surface area contributed by atoms with Crippen LogP contribution < -0.4 is 20.5 Å². The smallest absolute Gasteiger partial charge is 0.426 e. The van der Waals surface area contributed by atoms with Gasteiger partial charge in [-0.15, -0.1) is 0 Å². The van der Waals surface area contributed by atoms with E-state index in [1.54, 1.807) is 37.3 Å². The van der Waals surface area contributed by atoms with Crippen LogP contribution in [0.5, 0.6) is 5.75 Å². The molecule has 0 unspecified atom stereocenters. The van der Waals surface area contributed by atoms with Crippen LogP contribution in [0.4, 0.5) is 10.5 Å². The van der Waals surface area contributed by atoms with Gasteiger partial charge < -0.3 is 19.5 Å². The van der Waals surface area contributed by atoms with E-state index in [0.717, 1.165) is 16.0 Å². The van der Waals surface area contributed by atoms with Crippen LogP contribution in [-0.2, 0) is 24.6 Å². The fourth-order valence-corrected chi connectivity index (χ4v) is 4.41. The van der Waals surface area contributed by atoms with Crippen molar-refractivity contribution in [2.45, 2.75) is 32.7 Å². The van der Waals surface area contributed by atoms with Gasteiger partial charge in [0.1, 0.15) is 5.75 Å². The van der Waals surface area contributed by atoms with Gasteiger partial charge in [-0.2, -0.15) is 0 Å². The molecule has 38 heavy (non-hydrogen) atoms. The minimum Gasteiger partial charge on any atom is -0.497 e. The molecule has 3 amide bonds. The molecule has 0 saturated carbocycles. The Bertz CT molecular complexity index is 1400. The number of rotatable bonds is 8. The summed E-state index contributed by atoms with van der Waals surface area (Å²) in [6, 6.07) is 15.1. The first-order chi connectivity index (χ1) is 18.3. The molecule has 0 spiro atoms. The van der Waals surface area contributed by atoms with E-state index < -0.39 is 29.4 Å². The Morgan fingerprint density at radius 1 is 0.974 bits per heavy atom. The number of methoxy groups -OCH3 is 1. The highest BCUT2D eigenvalue weighted by Crippen LogP contribution is 2.45. The Labute approximate surface area is 219 Å². The number of benzene rings is 3. The third kappa shape index (κ3) is 4.60. The minimum atomic E-state index is -2.28. The summed E-state index contributed by atoms with van der Waals surface area (Å²) in [6.07, 6.45) is -0.302. The average molecular weight is 520 g/mol. The van der Waals surface area contributed by atoms with E-state index in [-0.39, 0.29) is 30.0 Å². The molecule has 0 fully saturated rings. The molecule has 1 aliphatic rings. The fraction of sp³-hybridized carbons (Fsp3) is 0.286. The van der Waals surface area contributed by atoms with Crippen LogP contribution in [0.3, 0.4) is 0 Å². The summed E-state index contributed by atoms with van der Waals surface area (Å²) in [6.45, 7) is 5.44. The number of carbonyl (C=O) groups is 4. The van der Waals surface area contributed by atoms with Crippen LogP contribution in [-0.4, -0.2) is 44.2 Å². The SMILES string of the molecule is CCCOC(=O)NN1C(=O)[C@](NC(=O)c2ccc(OC)cc2)(C(=O)OCC)c2c1ccc1cc(C)ccc21. The number of anilines is 1. The quantitative estimate of drug-likeness (QED) is 0.343. The van der Waals surface area contributed by atoms with E-state index in [0.29, 0.717) is 17.6 Å². The first kappa shape index (κ1) is 26.5. The monoisotopic (exact) mass is 519 g/mol. The van der Waals surface area contributed by atoms with E-state index in [1.807, 2.05) is 26.0 Å². The molecule has 10 nitrogen and oxygen atoms in total. The number of hydrazine groups is 1. The fourth-order valence-electron chi connectivity index (χ4n) is 4.41. The zero-order valence-corrected chi connectivity index (χ0v) is 21.6. The summed E-state index contributed by atoms with van der Waals surface area (Å²) in [4.78, 5) is 53.8. The molecule has 0 aliphatic carbocycles. The molecule has 3 aromatic carbocycles. The number of amides is 3. The van der Waals surface area contributed by atoms with E-state index in [1.165, 1.54) is 19.2 Å². The number of nitrogens with one attached hydrogen (secondary N) is 2. The van der Waals surface area contributed by atoms with Crippen LogP contribution in [0.2, 0.25) is 0 Å². The molecule has 2 N–H and O–H groups in total. The summed E-state index contributed by atoms with van der Waals surface area (Å²) >= 11 is 0. The second kappa shape index (κ2) is 10.8. The predicted molar refractivity (Wildman–Crippen MR) is 140 cm³/mol. The molecule has 10 heteroatoms. The molecule has 0 saturated heterocycles. The molecule has 1 aliphatic heterocycles. The Kier molecular flexibility index (Phi) is 7.52. The molecule has 1 atom stereocenters. The van der Waals surface area contributed by atoms with Crippen molar-refractivity contribution in [1.29, 1.82) is 0 Å². The normalized spacial score (nSPS) is 16.1. The lowest BCUT2D eigenvalue weighted by atomic mass is 9.86. The molecule has 0 aromatic heterocycles. The highest BCUT2D eigenvalue weighted by atomic mass is 16.6. The van der Waals surface area contributed by atoms with Gasteiger partial charge >= 0.3 is 12.1 Å². The van der Waals surface area contributed by atoms with E-state index >= 15 is 0 Å². The van der Waals surface area contributed by atoms with Gasteiger partial charge in [0.05, 0.1) is 26.0 Å². The van der Waals surface area contributed by atoms with Gasteiger partial charge in [-0.05, 0) is 61.4 Å². The van der Waals surface area contributed by atoms with Gasteiger partial charge in [0.25, 0.3) is 11.8 Å². The van der Waals surface area contributed by atoms with Crippen LogP contribution in [0.15, 0.2) is 54.6 Å². The first-order valence-electron chi connectivity index (χ1n) is 12.2. The van der Waals surface area contributed by atoms with Gasteiger partial charge in [0.15, 0.2) is 0 Å². The molecule has 198 valence electrons. The largest absolute Gasteiger partial charge is 0.497 e. The van der Waals surface area contributed by atoms with Crippen LogP contribution >= 0.6 is 0 Å². The minimum absolute atomic E-state index is 0.0442. The summed E-state index contributed by atoms with van der Waals surface area (Å²) in [7, 11) is 1.50. The molecular formula is C28H29N3O7. The molecule has 3 aromatic rings. The number of carbonyl (C=O) groups excluding carboxylic acids is 4. The zero-order chi connectivity index (χ0) is 27.4. The molecular weight excluding hydrogens is 490 g/mol. The molecule has 0 bridgehead atoms. The Morgan fingerprint density at radius 3 is 2.37 bits per heavy atom. The topological polar surface area (TPSA) is 123 Å². The number of aryl methyl sites for hydroxylation is 1. The predicted octanol–water partition coefficient (Wildman–Crippen LogP) is 3.74. The number of fused-ring (bicyclic) bond motifs is 3. The van der Waals surface area contributed by atoms with Crippen LogP contribution in [0.1, 0.15) is 41.8 Å². The van der Waals surface area contributed by atoms with Gasteiger partial charge in [0.2, 0.25) is 5.54 Å². The second-order valence-electron chi connectivity index (χ2n) is 8.73. The third-order valence-electron chi connectivity index (χ3n) is 6.17. The average Bonchev–Trinajstić information content (AvgIpc) is 3.15. The number of esters is 1. The summed E-state index contributed by atoms with van der Waals surface area (Å²) < 4.78 is 15.6. The zero-order valence-electron chi connectivity index (χ0n) is 21.6. The Morgan fingerprint density at radius 2 is 1.71 bits per heavy atom. The number of hydrogen-bond donors (Lipinski definition) is 2. The van der Waals surface area contributed by atoms with Crippen LogP contribution in [0, 0.1) is 6.92 Å². The van der Waals surface area contributed by atoms with Crippen molar-refractivity contribution in [2.75, 3.05) is 25.3 Å². The number of nitrogens with zero attached hydrogens (tertiary/aromatic N) is 1. The first-order valence-corrected chi connectivity index (χ1v) is 12.2. The van der Waals surface area contributed by atoms with Crippen molar-refractivity contribution in [3.8, 4) is 5.75 Å². The summed E-state index contributed by atoms with van der Waals surface area (Å²) in [5.41, 5.74) is 1.69. The lowest BCUT2D eigenvalue weighted by Crippen LogP contribution is -2.61.